The van der Waals surface area contributed by atoms with Crippen molar-refractivity contribution in [1.82, 2.24) is 4.98 Å². The highest BCUT2D eigenvalue weighted by Gasteiger charge is 1.93. The van der Waals surface area contributed by atoms with Crippen LogP contribution in [0.5, 0.6) is 0 Å². The third kappa shape index (κ3) is 2.27. The van der Waals surface area contributed by atoms with E-state index in [0.717, 1.165) is 17.0 Å². The van der Waals surface area contributed by atoms with E-state index in [9.17, 15) is 4.79 Å². The van der Waals surface area contributed by atoms with Gasteiger partial charge in [-0.2, -0.15) is 0 Å². The summed E-state index contributed by atoms with van der Waals surface area (Å²) in [7, 11) is 0. The second-order valence-corrected chi connectivity index (χ2v) is 3.36. The minimum absolute atomic E-state index is 0.704. The van der Waals surface area contributed by atoms with E-state index in [2.05, 4.69) is 4.98 Å². The van der Waals surface area contributed by atoms with Crippen molar-refractivity contribution in [3.05, 3.63) is 21.7 Å². The molecule has 0 unspecified atom stereocenters. The predicted molar refractivity (Wildman–Crippen MR) is 46.6 cm³/mol. The molecule has 0 aliphatic carbocycles. The van der Waals surface area contributed by atoms with Gasteiger partial charge in [-0.25, -0.2) is 4.98 Å². The molecule has 1 heterocycles. The molecule has 0 saturated carbocycles. The molecule has 0 N–H and O–H groups in total. The lowest BCUT2D eigenvalue weighted by molar-refractivity contribution is -0.104. The van der Waals surface area contributed by atoms with Gasteiger partial charge in [0.2, 0.25) is 0 Å². The van der Waals surface area contributed by atoms with Crippen LogP contribution in [0.1, 0.15) is 17.6 Å². The molecule has 0 spiro atoms. The number of carbonyl (C=O) groups is 1. The van der Waals surface area contributed by atoms with Crippen molar-refractivity contribution in [1.29, 1.82) is 0 Å². The Morgan fingerprint density at radius 3 is 2.91 bits per heavy atom. The zero-order valence-corrected chi connectivity index (χ0v) is 7.31. The van der Waals surface area contributed by atoms with Crippen molar-refractivity contribution < 1.29 is 4.79 Å². The third-order valence-electron chi connectivity index (χ3n) is 1.20. The van der Waals surface area contributed by atoms with Crippen LogP contribution in [-0.2, 0) is 4.79 Å². The van der Waals surface area contributed by atoms with E-state index in [1.807, 2.05) is 12.3 Å². The first-order chi connectivity index (χ1) is 5.22. The van der Waals surface area contributed by atoms with Gasteiger partial charge in [-0.1, -0.05) is 0 Å². The second kappa shape index (κ2) is 3.44. The van der Waals surface area contributed by atoms with Gasteiger partial charge in [-0.3, -0.25) is 4.79 Å². The molecule has 0 aliphatic heterocycles. The van der Waals surface area contributed by atoms with Gasteiger partial charge in [-0.05, 0) is 25.5 Å². The van der Waals surface area contributed by atoms with Gasteiger partial charge in [0.1, 0.15) is 6.29 Å². The van der Waals surface area contributed by atoms with Gasteiger partial charge in [0.25, 0.3) is 0 Å². The Balaban J connectivity index is 2.86. The van der Waals surface area contributed by atoms with Crippen LogP contribution in [0, 0.1) is 6.92 Å². The lowest BCUT2D eigenvalue weighted by Gasteiger charge is -1.83. The quantitative estimate of drug-likeness (QED) is 0.498. The Hall–Kier alpha value is -0.960. The molecule has 2 nitrogen and oxygen atoms in total. The number of thiazole rings is 1. The third-order valence-corrected chi connectivity index (χ3v) is 1.99. The molecule has 1 aromatic heterocycles. The number of hydrogen-bond donors (Lipinski definition) is 0. The molecule has 58 valence electrons. The van der Waals surface area contributed by atoms with Crippen LogP contribution in [0.15, 0.2) is 11.0 Å². The number of allylic oxidation sites excluding steroid dienone is 1. The molecule has 0 atom stereocenters. The summed E-state index contributed by atoms with van der Waals surface area (Å²) >= 11 is 1.59. The monoisotopic (exact) mass is 167 g/mol. The van der Waals surface area contributed by atoms with Gasteiger partial charge in [0, 0.05) is 5.38 Å². The molecule has 0 amide bonds. The molecule has 0 radical (unpaired) electrons. The van der Waals surface area contributed by atoms with E-state index in [1.54, 1.807) is 24.3 Å². The Morgan fingerprint density at radius 2 is 2.45 bits per heavy atom. The van der Waals surface area contributed by atoms with Crippen LogP contribution in [0.2, 0.25) is 0 Å². The van der Waals surface area contributed by atoms with Crippen LogP contribution < -0.4 is 0 Å². The smallest absolute Gasteiger partial charge is 0.145 e. The number of nitrogens with zero attached hydrogens (tertiary/aromatic N) is 1. The lowest BCUT2D eigenvalue weighted by atomic mass is 10.3. The molecule has 1 aromatic rings. The van der Waals surface area contributed by atoms with Gasteiger partial charge >= 0.3 is 0 Å². The summed E-state index contributed by atoms with van der Waals surface area (Å²) < 4.78 is 0. The van der Waals surface area contributed by atoms with Crippen molar-refractivity contribution in [2.75, 3.05) is 0 Å². The Morgan fingerprint density at radius 1 is 1.73 bits per heavy atom. The number of aryl methyl sites for hydroxylation is 1. The topological polar surface area (TPSA) is 30.0 Å². The number of carbonyl (C=O) groups excluding carboxylic acids is 1. The summed E-state index contributed by atoms with van der Waals surface area (Å²) in [4.78, 5) is 14.4. The lowest BCUT2D eigenvalue weighted by Crippen LogP contribution is -1.77. The predicted octanol–water partition coefficient (Wildman–Crippen LogP) is 2.05. The summed E-state index contributed by atoms with van der Waals surface area (Å²) in [5.41, 5.74) is 1.58. The summed E-state index contributed by atoms with van der Waals surface area (Å²) in [6, 6.07) is 0. The van der Waals surface area contributed by atoms with Crippen molar-refractivity contribution in [2.45, 2.75) is 13.8 Å². The highest BCUT2D eigenvalue weighted by Crippen LogP contribution is 2.10. The van der Waals surface area contributed by atoms with E-state index in [4.69, 9.17) is 0 Å². The normalized spacial score (nSPS) is 11.6. The maximum atomic E-state index is 10.2. The molecule has 0 fully saturated rings. The average molecular weight is 167 g/mol. The van der Waals surface area contributed by atoms with Crippen molar-refractivity contribution in [2.24, 2.45) is 0 Å². The Bertz CT molecular complexity index is 288. The molecule has 11 heavy (non-hydrogen) atoms. The van der Waals surface area contributed by atoms with Gasteiger partial charge in [0.15, 0.2) is 0 Å². The fourth-order valence-corrected chi connectivity index (χ4v) is 1.28. The van der Waals surface area contributed by atoms with Crippen LogP contribution in [0.25, 0.3) is 6.08 Å². The summed E-state index contributed by atoms with van der Waals surface area (Å²) in [6.45, 7) is 3.71. The Labute approximate surface area is 69.6 Å². The van der Waals surface area contributed by atoms with Gasteiger partial charge in [0.05, 0.1) is 10.7 Å². The molecule has 0 aromatic carbocycles. The minimum atomic E-state index is 0.704. The molecule has 0 saturated heterocycles. The molecular formula is C8H9NOS. The number of rotatable bonds is 2. The molecule has 0 aliphatic rings. The van der Waals surface area contributed by atoms with Crippen LogP contribution >= 0.6 is 11.3 Å². The van der Waals surface area contributed by atoms with E-state index < -0.39 is 0 Å². The zero-order valence-electron chi connectivity index (χ0n) is 6.50. The standard InChI is InChI=1S/C8H9NOS/c1-6(4-10)3-8-5-11-7(2)9-8/h3-5H,1-2H3/b6-3-. The fraction of sp³-hybridized carbons (Fsp3) is 0.250. The second-order valence-electron chi connectivity index (χ2n) is 2.30. The number of aldehydes is 1. The van der Waals surface area contributed by atoms with Crippen molar-refractivity contribution >= 4 is 23.7 Å². The molecule has 0 bridgehead atoms. The number of hydrogen-bond acceptors (Lipinski definition) is 3. The van der Waals surface area contributed by atoms with Crippen LogP contribution in [0.4, 0.5) is 0 Å². The van der Waals surface area contributed by atoms with Gasteiger partial charge in [-0.15, -0.1) is 11.3 Å². The SMILES string of the molecule is C/C(C=O)=C/c1csc(C)n1. The first-order valence-electron chi connectivity index (χ1n) is 3.28. The summed E-state index contributed by atoms with van der Waals surface area (Å²) in [5.74, 6) is 0. The molecular weight excluding hydrogens is 158 g/mol. The average Bonchev–Trinajstić information content (AvgIpc) is 2.35. The van der Waals surface area contributed by atoms with Crippen LogP contribution in [0.3, 0.4) is 0 Å². The van der Waals surface area contributed by atoms with E-state index >= 15 is 0 Å². The van der Waals surface area contributed by atoms with Crippen LogP contribution in [-0.4, -0.2) is 11.3 Å². The summed E-state index contributed by atoms with van der Waals surface area (Å²) in [6.07, 6.45) is 2.60. The van der Waals surface area contributed by atoms with E-state index in [-0.39, 0.29) is 0 Å². The van der Waals surface area contributed by atoms with Gasteiger partial charge < -0.3 is 0 Å². The van der Waals surface area contributed by atoms with E-state index in [1.165, 1.54) is 0 Å². The first-order valence-corrected chi connectivity index (χ1v) is 4.16. The Kier molecular flexibility index (Phi) is 2.54. The highest BCUT2D eigenvalue weighted by atomic mass is 32.1. The summed E-state index contributed by atoms with van der Waals surface area (Å²) in [5, 5.41) is 2.96. The maximum absolute atomic E-state index is 10.2. The number of aromatic nitrogens is 1. The highest BCUT2D eigenvalue weighted by molar-refractivity contribution is 7.09. The minimum Gasteiger partial charge on any atom is -0.298 e. The molecule has 3 heteroatoms. The van der Waals surface area contributed by atoms with Crippen molar-refractivity contribution in [3.63, 3.8) is 0 Å². The largest absolute Gasteiger partial charge is 0.298 e. The first kappa shape index (κ1) is 8.14. The fourth-order valence-electron chi connectivity index (χ4n) is 0.714. The maximum Gasteiger partial charge on any atom is 0.145 e. The van der Waals surface area contributed by atoms with E-state index in [0.29, 0.717) is 5.57 Å². The molecule has 1 rings (SSSR count). The zero-order chi connectivity index (χ0) is 8.27. The van der Waals surface area contributed by atoms with Crippen molar-refractivity contribution in [3.8, 4) is 0 Å².